The van der Waals surface area contributed by atoms with Crippen LogP contribution in [0.15, 0.2) is 42.5 Å². The third-order valence-corrected chi connectivity index (χ3v) is 3.82. The molecule has 2 aromatic carbocycles. The lowest BCUT2D eigenvalue weighted by Crippen LogP contribution is -2.30. The van der Waals surface area contributed by atoms with Crippen LogP contribution < -0.4 is 26.8 Å². The summed E-state index contributed by atoms with van der Waals surface area (Å²) in [6.45, 7) is 0.476. The van der Waals surface area contributed by atoms with Crippen LogP contribution >= 0.6 is 24.4 Å². The van der Waals surface area contributed by atoms with Crippen molar-refractivity contribution in [3.63, 3.8) is 0 Å². The van der Waals surface area contributed by atoms with Crippen LogP contribution in [0.1, 0.15) is 5.56 Å². The van der Waals surface area contributed by atoms with Crippen molar-refractivity contribution < 1.29 is 9.13 Å². The lowest BCUT2D eigenvalue weighted by atomic mass is 10.1. The predicted molar refractivity (Wildman–Crippen MR) is 118 cm³/mol. The number of aromatic amines is 1. The molecule has 7 nitrogen and oxygen atoms in total. The molecule has 7 N–H and O–H groups in total. The zero-order valence-corrected chi connectivity index (χ0v) is 16.8. The van der Waals surface area contributed by atoms with Gasteiger partial charge in [0.1, 0.15) is 11.6 Å². The Morgan fingerprint density at radius 1 is 1.18 bits per heavy atom. The number of imidazole rings is 1. The Hall–Kier alpha value is -2.98. The van der Waals surface area contributed by atoms with E-state index in [0.29, 0.717) is 35.3 Å². The van der Waals surface area contributed by atoms with Gasteiger partial charge in [0.05, 0.1) is 18.1 Å². The highest BCUT2D eigenvalue weighted by molar-refractivity contribution is 7.80. The normalized spacial score (nSPS) is 9.93. The molecule has 0 aliphatic carbocycles. The number of para-hydroxylation sites is 2. The van der Waals surface area contributed by atoms with Gasteiger partial charge in [0.2, 0.25) is 5.95 Å². The van der Waals surface area contributed by atoms with E-state index < -0.39 is 0 Å². The summed E-state index contributed by atoms with van der Waals surface area (Å²) in [4.78, 5) is 7.52. The molecule has 0 unspecified atom stereocenters. The first-order valence-electron chi connectivity index (χ1n) is 8.26. The minimum absolute atomic E-state index is 0.000000000000000222. The first-order valence-corrected chi connectivity index (χ1v) is 9.08. The van der Waals surface area contributed by atoms with Crippen LogP contribution in [0.2, 0.25) is 0 Å². The van der Waals surface area contributed by atoms with Crippen molar-refractivity contribution >= 4 is 51.6 Å². The maximum Gasteiger partial charge on any atom is 0.207 e. The summed E-state index contributed by atoms with van der Waals surface area (Å²) in [5.41, 5.74) is 11.6. The SMILES string of the molecule is COc1cccc(F)c1CCNC(=S)Nc1nc2ccccc2[nH]1.NC(N)=S. The molecule has 3 rings (SSSR count). The quantitative estimate of drug-likeness (QED) is 0.400. The van der Waals surface area contributed by atoms with Gasteiger partial charge in [-0.15, -0.1) is 0 Å². The molecule has 0 aliphatic heterocycles. The highest BCUT2D eigenvalue weighted by Crippen LogP contribution is 2.21. The van der Waals surface area contributed by atoms with E-state index in [2.05, 4.69) is 44.3 Å². The van der Waals surface area contributed by atoms with Gasteiger partial charge in [-0.2, -0.15) is 0 Å². The summed E-state index contributed by atoms with van der Waals surface area (Å²) in [5, 5.41) is 6.45. The predicted octanol–water partition coefficient (Wildman–Crippen LogP) is 2.43. The number of nitrogens with one attached hydrogen (secondary N) is 3. The van der Waals surface area contributed by atoms with Gasteiger partial charge in [0.15, 0.2) is 10.2 Å². The van der Waals surface area contributed by atoms with E-state index in [4.69, 9.17) is 17.0 Å². The van der Waals surface area contributed by atoms with Gasteiger partial charge in [0, 0.05) is 12.1 Å². The van der Waals surface area contributed by atoms with E-state index in [9.17, 15) is 4.39 Å². The molecule has 0 amide bonds. The second kappa shape index (κ2) is 10.4. The van der Waals surface area contributed by atoms with E-state index in [1.165, 1.54) is 13.2 Å². The number of halogens is 1. The molecule has 0 spiro atoms. The number of nitrogens with zero attached hydrogens (tertiary/aromatic N) is 1. The maximum absolute atomic E-state index is 13.9. The number of methoxy groups -OCH3 is 1. The van der Waals surface area contributed by atoms with Crippen LogP contribution in [0.4, 0.5) is 10.3 Å². The molecule has 148 valence electrons. The number of H-pyrrole nitrogens is 1. The monoisotopic (exact) mass is 420 g/mol. The molecule has 0 atom stereocenters. The zero-order chi connectivity index (χ0) is 20.5. The van der Waals surface area contributed by atoms with Crippen LogP contribution in [0.5, 0.6) is 5.75 Å². The molecule has 0 radical (unpaired) electrons. The highest BCUT2D eigenvalue weighted by atomic mass is 32.1. The van der Waals surface area contributed by atoms with Gasteiger partial charge < -0.3 is 31.8 Å². The van der Waals surface area contributed by atoms with Gasteiger partial charge >= 0.3 is 0 Å². The van der Waals surface area contributed by atoms with Gasteiger partial charge in [0.25, 0.3) is 0 Å². The third kappa shape index (κ3) is 6.32. The molecule has 1 aromatic heterocycles. The summed E-state index contributed by atoms with van der Waals surface area (Å²) < 4.78 is 19.0. The number of aromatic nitrogens is 2. The number of ether oxygens (including phenoxy) is 1. The Morgan fingerprint density at radius 3 is 2.57 bits per heavy atom. The van der Waals surface area contributed by atoms with Gasteiger partial charge in [-0.05, 0) is 55.1 Å². The topological polar surface area (TPSA) is 114 Å². The molecule has 28 heavy (non-hydrogen) atoms. The number of hydrogen-bond donors (Lipinski definition) is 5. The molecule has 10 heteroatoms. The van der Waals surface area contributed by atoms with E-state index in [1.54, 1.807) is 12.1 Å². The Morgan fingerprint density at radius 2 is 1.89 bits per heavy atom. The van der Waals surface area contributed by atoms with E-state index in [0.717, 1.165) is 11.0 Å². The first kappa shape index (κ1) is 21.3. The van der Waals surface area contributed by atoms with Crippen LogP contribution in [0.3, 0.4) is 0 Å². The van der Waals surface area contributed by atoms with Crippen LogP contribution in [-0.2, 0) is 6.42 Å². The van der Waals surface area contributed by atoms with Crippen molar-refractivity contribution in [2.75, 3.05) is 19.0 Å². The Bertz CT molecular complexity index is 925. The standard InChI is InChI=1S/C17H17FN4OS.CH4N2S/c1-23-15-8-4-5-12(18)11(15)9-10-19-17(24)22-16-20-13-6-2-3-7-14(13)21-16;2-1(3)4/h2-8H,9-10H2,1H3,(H3,19,20,21,22,24);(H4,2,3,4). The Labute approximate surface area is 172 Å². The highest BCUT2D eigenvalue weighted by Gasteiger charge is 2.09. The Balaban J connectivity index is 0.000000640. The average molecular weight is 421 g/mol. The van der Waals surface area contributed by atoms with Crippen molar-refractivity contribution in [3.05, 3.63) is 53.8 Å². The third-order valence-electron chi connectivity index (χ3n) is 3.58. The lowest BCUT2D eigenvalue weighted by Gasteiger charge is -2.11. The number of hydrogen-bond acceptors (Lipinski definition) is 4. The molecule has 0 aliphatic rings. The van der Waals surface area contributed by atoms with Crippen LogP contribution in [0, 0.1) is 5.82 Å². The van der Waals surface area contributed by atoms with Crippen LogP contribution in [-0.4, -0.2) is 33.8 Å². The van der Waals surface area contributed by atoms with E-state index >= 15 is 0 Å². The molecular weight excluding hydrogens is 399 g/mol. The number of rotatable bonds is 5. The summed E-state index contributed by atoms with van der Waals surface area (Å²) in [5.74, 6) is 0.817. The second-order valence-corrected chi connectivity index (χ2v) is 6.44. The summed E-state index contributed by atoms with van der Waals surface area (Å²) in [6.07, 6.45) is 0.456. The molecule has 3 aromatic rings. The number of benzene rings is 2. The molecule has 0 saturated carbocycles. The fourth-order valence-electron chi connectivity index (χ4n) is 2.44. The smallest absolute Gasteiger partial charge is 0.207 e. The second-order valence-electron chi connectivity index (χ2n) is 5.56. The van der Waals surface area contributed by atoms with E-state index in [-0.39, 0.29) is 10.9 Å². The molecule has 0 saturated heterocycles. The fourth-order valence-corrected chi connectivity index (χ4v) is 2.64. The van der Waals surface area contributed by atoms with E-state index in [1.807, 2.05) is 24.3 Å². The van der Waals surface area contributed by atoms with Crippen molar-refractivity contribution in [1.82, 2.24) is 15.3 Å². The molecule has 0 fully saturated rings. The minimum atomic E-state index is -0.285. The van der Waals surface area contributed by atoms with Crippen molar-refractivity contribution in [2.45, 2.75) is 6.42 Å². The Kier molecular flexibility index (Phi) is 7.90. The first-order chi connectivity index (χ1) is 13.4. The van der Waals surface area contributed by atoms with Crippen molar-refractivity contribution in [3.8, 4) is 5.75 Å². The molecular formula is C18H21FN6OS2. The minimum Gasteiger partial charge on any atom is -0.496 e. The maximum atomic E-state index is 13.9. The average Bonchev–Trinajstić information content (AvgIpc) is 3.04. The summed E-state index contributed by atoms with van der Waals surface area (Å²) in [6, 6.07) is 12.5. The van der Waals surface area contributed by atoms with Crippen molar-refractivity contribution in [1.29, 1.82) is 0 Å². The van der Waals surface area contributed by atoms with Gasteiger partial charge in [-0.1, -0.05) is 18.2 Å². The fraction of sp³-hybridized carbons (Fsp3) is 0.167. The number of nitrogens with two attached hydrogens (primary N) is 2. The van der Waals surface area contributed by atoms with Crippen LogP contribution in [0.25, 0.3) is 11.0 Å². The van der Waals surface area contributed by atoms with Gasteiger partial charge in [-0.25, -0.2) is 9.37 Å². The summed E-state index contributed by atoms with van der Waals surface area (Å²) >= 11 is 9.34. The lowest BCUT2D eigenvalue weighted by molar-refractivity contribution is 0.404. The largest absolute Gasteiger partial charge is 0.496 e. The molecule has 1 heterocycles. The van der Waals surface area contributed by atoms with Crippen molar-refractivity contribution in [2.24, 2.45) is 11.5 Å². The number of anilines is 1. The van der Waals surface area contributed by atoms with Gasteiger partial charge in [-0.3, -0.25) is 0 Å². The summed E-state index contributed by atoms with van der Waals surface area (Å²) in [7, 11) is 1.53. The molecule has 0 bridgehead atoms. The number of thiocarbonyl (C=S) groups is 2. The number of fused-ring (bicyclic) bond motifs is 1. The zero-order valence-electron chi connectivity index (χ0n) is 15.2.